The lowest BCUT2D eigenvalue weighted by Gasteiger charge is -2.31. The van der Waals surface area contributed by atoms with Gasteiger partial charge >= 0.3 is 0 Å². The molecule has 0 aliphatic heterocycles. The second-order valence-electron chi connectivity index (χ2n) is 6.35. The molecule has 0 amide bonds. The monoisotopic (exact) mass is 304 g/mol. The van der Waals surface area contributed by atoms with Crippen molar-refractivity contribution in [3.63, 3.8) is 0 Å². The highest BCUT2D eigenvalue weighted by Gasteiger charge is 2.33. The summed E-state index contributed by atoms with van der Waals surface area (Å²) in [6, 6.07) is 7.01. The number of halogens is 1. The van der Waals surface area contributed by atoms with E-state index in [0.29, 0.717) is 5.02 Å². The molecule has 0 radical (unpaired) electrons. The molecule has 3 heteroatoms. The average molecular weight is 305 g/mol. The molecule has 106 valence electrons. The van der Waals surface area contributed by atoms with Gasteiger partial charge in [-0.3, -0.25) is 0 Å². The molecule has 1 nitrogen and oxygen atoms in total. The summed E-state index contributed by atoms with van der Waals surface area (Å²) in [7, 11) is -1.63. The Morgan fingerprint density at radius 1 is 1.10 bits per heavy atom. The first-order valence-corrected chi connectivity index (χ1v) is 9.97. The SMILES string of the molecule is CC(C)(C)[Si](C)(C)C#CC#CC(O)c1ccc(Cl)cc1. The maximum Gasteiger partial charge on any atom is 0.141 e. The van der Waals surface area contributed by atoms with Gasteiger partial charge in [0.25, 0.3) is 0 Å². The predicted molar refractivity (Wildman–Crippen MR) is 89.2 cm³/mol. The third kappa shape index (κ3) is 4.73. The lowest BCUT2D eigenvalue weighted by Crippen LogP contribution is -2.35. The Bertz CT molecular complexity index is 574. The van der Waals surface area contributed by atoms with E-state index < -0.39 is 14.2 Å². The minimum Gasteiger partial charge on any atom is -0.376 e. The first kappa shape index (κ1) is 16.9. The molecule has 0 aliphatic carbocycles. The molecule has 1 N–H and O–H groups in total. The van der Waals surface area contributed by atoms with Crippen LogP contribution in [-0.4, -0.2) is 13.2 Å². The van der Waals surface area contributed by atoms with Crippen LogP contribution in [0, 0.1) is 23.3 Å². The number of aliphatic hydroxyl groups excluding tert-OH is 1. The standard InChI is InChI=1S/C17H21ClOSi/c1-17(2,3)20(4,5)13-7-6-8-16(19)14-9-11-15(18)12-10-14/h9-12,16,19H,1-5H3. The van der Waals surface area contributed by atoms with E-state index in [4.69, 9.17) is 11.6 Å². The minimum absolute atomic E-state index is 0.219. The summed E-state index contributed by atoms with van der Waals surface area (Å²) < 4.78 is 0. The fraction of sp³-hybridized carbons (Fsp3) is 0.412. The molecule has 0 spiro atoms. The van der Waals surface area contributed by atoms with Gasteiger partial charge in [-0.1, -0.05) is 63.5 Å². The topological polar surface area (TPSA) is 20.2 Å². The summed E-state index contributed by atoms with van der Waals surface area (Å²) in [6.07, 6.45) is -0.819. The molecule has 0 heterocycles. The smallest absolute Gasteiger partial charge is 0.141 e. The molecule has 0 aliphatic rings. The Hall–Kier alpha value is -1.19. The van der Waals surface area contributed by atoms with Crippen molar-refractivity contribution in [2.45, 2.75) is 45.0 Å². The van der Waals surface area contributed by atoms with E-state index in [0.717, 1.165) is 5.56 Å². The van der Waals surface area contributed by atoms with Crippen LogP contribution in [0.3, 0.4) is 0 Å². The third-order valence-electron chi connectivity index (χ3n) is 3.71. The van der Waals surface area contributed by atoms with E-state index in [2.05, 4.69) is 57.2 Å². The van der Waals surface area contributed by atoms with Crippen molar-refractivity contribution < 1.29 is 5.11 Å². The number of aliphatic hydroxyl groups is 1. The van der Waals surface area contributed by atoms with E-state index in [1.54, 1.807) is 24.3 Å². The Kier molecular flexibility index (Phi) is 5.48. The molecule has 0 saturated heterocycles. The van der Waals surface area contributed by atoms with Crippen molar-refractivity contribution in [1.82, 2.24) is 0 Å². The normalized spacial score (nSPS) is 12.8. The Morgan fingerprint density at radius 3 is 2.15 bits per heavy atom. The van der Waals surface area contributed by atoms with Gasteiger partial charge in [-0.25, -0.2) is 0 Å². The first-order valence-electron chi connectivity index (χ1n) is 6.60. The van der Waals surface area contributed by atoms with Gasteiger partial charge in [0.15, 0.2) is 0 Å². The van der Waals surface area contributed by atoms with Gasteiger partial charge in [-0.05, 0) is 34.6 Å². The third-order valence-corrected chi connectivity index (χ3v) is 8.46. The van der Waals surface area contributed by atoms with Crippen LogP contribution in [0.25, 0.3) is 0 Å². The quantitative estimate of drug-likeness (QED) is 0.601. The van der Waals surface area contributed by atoms with Gasteiger partial charge in [0.05, 0.1) is 0 Å². The number of hydrogen-bond donors (Lipinski definition) is 1. The van der Waals surface area contributed by atoms with Crippen LogP contribution >= 0.6 is 11.6 Å². The minimum atomic E-state index is -1.63. The van der Waals surface area contributed by atoms with Crippen LogP contribution < -0.4 is 0 Å². The van der Waals surface area contributed by atoms with Gasteiger partial charge < -0.3 is 5.11 Å². The summed E-state index contributed by atoms with van der Waals surface area (Å²) in [5.41, 5.74) is 4.03. The molecule has 0 bridgehead atoms. The van der Waals surface area contributed by atoms with Crippen molar-refractivity contribution in [1.29, 1.82) is 0 Å². The van der Waals surface area contributed by atoms with E-state index >= 15 is 0 Å². The number of hydrogen-bond acceptors (Lipinski definition) is 1. The molecule has 0 fully saturated rings. The fourth-order valence-electron chi connectivity index (χ4n) is 1.21. The molecular weight excluding hydrogens is 284 g/mol. The Morgan fingerprint density at radius 2 is 1.65 bits per heavy atom. The van der Waals surface area contributed by atoms with Crippen molar-refractivity contribution in [3.8, 4) is 23.3 Å². The summed E-state index contributed by atoms with van der Waals surface area (Å²) in [5.74, 6) is 8.43. The zero-order valence-electron chi connectivity index (χ0n) is 12.7. The molecule has 1 unspecified atom stereocenters. The highest BCUT2D eigenvalue weighted by Crippen LogP contribution is 2.34. The second kappa shape index (κ2) is 6.51. The summed E-state index contributed by atoms with van der Waals surface area (Å²) >= 11 is 5.80. The van der Waals surface area contributed by atoms with E-state index in [1.165, 1.54) is 0 Å². The van der Waals surface area contributed by atoms with Gasteiger partial charge in [-0.15, -0.1) is 5.54 Å². The van der Waals surface area contributed by atoms with Gasteiger partial charge in [0.2, 0.25) is 0 Å². The number of benzene rings is 1. The van der Waals surface area contributed by atoms with E-state index in [1.807, 2.05) is 0 Å². The zero-order chi connectivity index (χ0) is 15.4. The van der Waals surface area contributed by atoms with Crippen molar-refractivity contribution in [2.24, 2.45) is 0 Å². The highest BCUT2D eigenvalue weighted by atomic mass is 35.5. The molecule has 1 aromatic rings. The summed E-state index contributed by atoms with van der Waals surface area (Å²) in [6.45, 7) is 11.1. The van der Waals surface area contributed by atoms with Crippen LogP contribution in [0.1, 0.15) is 32.4 Å². The largest absolute Gasteiger partial charge is 0.376 e. The van der Waals surface area contributed by atoms with Gasteiger partial charge in [-0.2, -0.15) is 0 Å². The van der Waals surface area contributed by atoms with Crippen molar-refractivity contribution >= 4 is 19.7 Å². The molecular formula is C17H21ClOSi. The second-order valence-corrected chi connectivity index (χ2v) is 11.8. The van der Waals surface area contributed by atoms with Crippen LogP contribution in [0.5, 0.6) is 0 Å². The average Bonchev–Trinajstić information content (AvgIpc) is 2.34. The molecule has 0 aromatic heterocycles. The van der Waals surface area contributed by atoms with Crippen LogP contribution in [0.4, 0.5) is 0 Å². The van der Waals surface area contributed by atoms with E-state index in [-0.39, 0.29) is 5.04 Å². The van der Waals surface area contributed by atoms with E-state index in [9.17, 15) is 5.11 Å². The fourth-order valence-corrected chi connectivity index (χ4v) is 2.08. The van der Waals surface area contributed by atoms with Gasteiger partial charge in [0, 0.05) is 5.02 Å². The zero-order valence-corrected chi connectivity index (χ0v) is 14.5. The molecule has 1 aromatic carbocycles. The molecule has 20 heavy (non-hydrogen) atoms. The maximum absolute atomic E-state index is 9.93. The van der Waals surface area contributed by atoms with Gasteiger partial charge in [0.1, 0.15) is 14.2 Å². The maximum atomic E-state index is 9.93. The first-order chi connectivity index (χ1) is 9.13. The Balaban J connectivity index is 2.80. The lowest BCUT2D eigenvalue weighted by molar-refractivity contribution is 0.238. The summed E-state index contributed by atoms with van der Waals surface area (Å²) in [5, 5.41) is 10.8. The van der Waals surface area contributed by atoms with Crippen LogP contribution in [0.2, 0.25) is 23.2 Å². The molecule has 1 rings (SSSR count). The molecule has 1 atom stereocenters. The van der Waals surface area contributed by atoms with Crippen LogP contribution in [0.15, 0.2) is 24.3 Å². The Labute approximate surface area is 128 Å². The number of rotatable bonds is 1. The predicted octanol–water partition coefficient (Wildman–Crippen LogP) is 4.43. The highest BCUT2D eigenvalue weighted by molar-refractivity contribution is 6.87. The van der Waals surface area contributed by atoms with Crippen molar-refractivity contribution in [2.75, 3.05) is 0 Å². The van der Waals surface area contributed by atoms with Crippen LogP contribution in [-0.2, 0) is 0 Å². The molecule has 0 saturated carbocycles. The van der Waals surface area contributed by atoms with Crippen molar-refractivity contribution in [3.05, 3.63) is 34.9 Å². The summed E-state index contributed by atoms with van der Waals surface area (Å²) in [4.78, 5) is 0. The lowest BCUT2D eigenvalue weighted by atomic mass is 10.1.